The summed E-state index contributed by atoms with van der Waals surface area (Å²) >= 11 is 0. The van der Waals surface area contributed by atoms with E-state index in [1.807, 2.05) is 0 Å². The first-order valence-corrected chi connectivity index (χ1v) is 6.66. The number of halogens is 1. The summed E-state index contributed by atoms with van der Waals surface area (Å²) in [4.78, 5) is 22.7. The maximum absolute atomic E-state index is 13.5. The first kappa shape index (κ1) is 17.9. The van der Waals surface area contributed by atoms with E-state index in [1.165, 1.54) is 19.2 Å². The van der Waals surface area contributed by atoms with E-state index in [1.54, 1.807) is 19.9 Å². The predicted molar refractivity (Wildman–Crippen MR) is 77.3 cm³/mol. The Bertz CT molecular complexity index is 549. The molecule has 22 heavy (non-hydrogen) atoms. The van der Waals surface area contributed by atoms with Gasteiger partial charge in [0.15, 0.2) is 18.2 Å². The van der Waals surface area contributed by atoms with Gasteiger partial charge in [-0.1, -0.05) is 6.07 Å². The number of rotatable bonds is 8. The van der Waals surface area contributed by atoms with Crippen molar-refractivity contribution in [3.63, 3.8) is 0 Å². The lowest BCUT2D eigenvalue weighted by Crippen LogP contribution is -2.52. The third-order valence-electron chi connectivity index (χ3n) is 2.89. The number of benzene rings is 1. The number of hydrogen-bond donors (Lipinski definition) is 2. The van der Waals surface area contributed by atoms with Crippen LogP contribution in [0.4, 0.5) is 4.39 Å². The normalized spacial score (nSPS) is 13.3. The summed E-state index contributed by atoms with van der Waals surface area (Å²) in [5.74, 6) is -2.21. The number of carbonyl (C=O) groups excluding carboxylic acids is 1. The van der Waals surface area contributed by atoms with Gasteiger partial charge in [0.25, 0.3) is 5.91 Å². The number of carboxylic acids is 1. The first-order valence-electron chi connectivity index (χ1n) is 6.66. The zero-order chi connectivity index (χ0) is 16.8. The van der Waals surface area contributed by atoms with Gasteiger partial charge in [-0.05, 0) is 31.5 Å². The summed E-state index contributed by atoms with van der Waals surface area (Å²) in [6, 6.07) is 4.32. The van der Waals surface area contributed by atoms with Crippen LogP contribution < -0.4 is 10.1 Å². The van der Waals surface area contributed by atoms with Crippen LogP contribution in [0.25, 0.3) is 0 Å². The van der Waals surface area contributed by atoms with Crippen LogP contribution in [0.1, 0.15) is 18.9 Å². The lowest BCUT2D eigenvalue weighted by Gasteiger charge is -2.28. The summed E-state index contributed by atoms with van der Waals surface area (Å²) in [5.41, 5.74) is -0.265. The topological polar surface area (TPSA) is 84.9 Å². The number of methoxy groups -OCH3 is 1. The Morgan fingerprint density at radius 1 is 1.41 bits per heavy atom. The van der Waals surface area contributed by atoms with Crippen LogP contribution in [0.15, 0.2) is 18.2 Å². The van der Waals surface area contributed by atoms with Gasteiger partial charge in [0.2, 0.25) is 0 Å². The molecule has 1 unspecified atom stereocenters. The van der Waals surface area contributed by atoms with Crippen LogP contribution >= 0.6 is 0 Å². The summed E-state index contributed by atoms with van der Waals surface area (Å²) in [6.45, 7) is 2.94. The molecule has 0 radical (unpaired) electrons. The maximum atomic E-state index is 13.5. The van der Waals surface area contributed by atoms with Gasteiger partial charge in [0, 0.05) is 7.11 Å². The largest absolute Gasteiger partial charge is 0.481 e. The molecule has 1 aromatic carbocycles. The van der Waals surface area contributed by atoms with E-state index in [2.05, 4.69) is 5.32 Å². The average Bonchev–Trinajstić information content (AvgIpc) is 2.38. The second-order valence-electron chi connectivity index (χ2n) is 5.33. The molecule has 0 aromatic heterocycles. The molecular formula is C15H20FNO5. The van der Waals surface area contributed by atoms with E-state index in [0.29, 0.717) is 0 Å². The van der Waals surface area contributed by atoms with Gasteiger partial charge in [0.05, 0.1) is 18.6 Å². The third-order valence-corrected chi connectivity index (χ3v) is 2.89. The van der Waals surface area contributed by atoms with Gasteiger partial charge in [-0.3, -0.25) is 9.59 Å². The van der Waals surface area contributed by atoms with Crippen LogP contribution in [0.2, 0.25) is 0 Å². The molecule has 0 saturated carbocycles. The van der Waals surface area contributed by atoms with Gasteiger partial charge < -0.3 is 19.9 Å². The fourth-order valence-electron chi connectivity index (χ4n) is 2.02. The monoisotopic (exact) mass is 313 g/mol. The van der Waals surface area contributed by atoms with Crippen molar-refractivity contribution in [3.05, 3.63) is 29.6 Å². The van der Waals surface area contributed by atoms with Gasteiger partial charge in [0.1, 0.15) is 0 Å². The zero-order valence-electron chi connectivity index (χ0n) is 12.8. The number of aryl methyl sites for hydroxylation is 1. The smallest absolute Gasteiger partial charge is 0.305 e. The van der Waals surface area contributed by atoms with Gasteiger partial charge >= 0.3 is 5.97 Å². The van der Waals surface area contributed by atoms with Crippen molar-refractivity contribution in [1.29, 1.82) is 0 Å². The molecule has 0 bridgehead atoms. The molecule has 0 spiro atoms. The van der Waals surface area contributed by atoms with Crippen LogP contribution in [0.5, 0.6) is 5.75 Å². The summed E-state index contributed by atoms with van der Waals surface area (Å²) < 4.78 is 23.6. The van der Waals surface area contributed by atoms with E-state index >= 15 is 0 Å². The van der Waals surface area contributed by atoms with Crippen molar-refractivity contribution >= 4 is 11.9 Å². The molecule has 0 aliphatic carbocycles. The quantitative estimate of drug-likeness (QED) is 0.760. The number of amides is 1. The molecule has 1 aromatic rings. The molecular weight excluding hydrogens is 293 g/mol. The molecule has 1 rings (SSSR count). The van der Waals surface area contributed by atoms with Gasteiger partial charge in [-0.15, -0.1) is 0 Å². The fourth-order valence-corrected chi connectivity index (χ4v) is 2.02. The average molecular weight is 313 g/mol. The number of ether oxygens (including phenoxy) is 2. The second kappa shape index (κ2) is 7.74. The Balaban J connectivity index is 2.64. The number of aliphatic carboxylic acids is 1. The number of carboxylic acid groups (broad SMARTS) is 1. The van der Waals surface area contributed by atoms with E-state index in [-0.39, 0.29) is 18.8 Å². The molecule has 1 atom stereocenters. The molecule has 2 N–H and O–H groups in total. The highest BCUT2D eigenvalue weighted by atomic mass is 19.1. The minimum atomic E-state index is -1.06. The molecule has 1 amide bonds. The van der Waals surface area contributed by atoms with Gasteiger partial charge in [-0.25, -0.2) is 4.39 Å². The Labute approximate surface area is 128 Å². The molecule has 0 fully saturated rings. The number of nitrogens with one attached hydrogen (secondary N) is 1. The fraction of sp³-hybridized carbons (Fsp3) is 0.467. The minimum absolute atomic E-state index is 0.0261. The van der Waals surface area contributed by atoms with E-state index in [4.69, 9.17) is 14.6 Å². The summed E-state index contributed by atoms with van der Waals surface area (Å²) in [5, 5.41) is 11.4. The van der Waals surface area contributed by atoms with Crippen molar-refractivity contribution in [1.82, 2.24) is 5.32 Å². The van der Waals surface area contributed by atoms with Crippen LogP contribution in [0.3, 0.4) is 0 Å². The Morgan fingerprint density at radius 3 is 2.68 bits per heavy atom. The minimum Gasteiger partial charge on any atom is -0.481 e. The Morgan fingerprint density at radius 2 is 2.09 bits per heavy atom. The van der Waals surface area contributed by atoms with Crippen molar-refractivity contribution in [2.24, 2.45) is 0 Å². The maximum Gasteiger partial charge on any atom is 0.305 e. The van der Waals surface area contributed by atoms with Crippen LogP contribution in [-0.2, 0) is 14.3 Å². The van der Waals surface area contributed by atoms with Crippen molar-refractivity contribution in [2.75, 3.05) is 20.3 Å². The number of carbonyl (C=O) groups is 2. The highest BCUT2D eigenvalue weighted by Crippen LogP contribution is 2.18. The lowest BCUT2D eigenvalue weighted by atomic mass is 9.99. The number of hydrogen-bond acceptors (Lipinski definition) is 4. The molecule has 6 nitrogen and oxygen atoms in total. The Kier molecular flexibility index (Phi) is 6.30. The zero-order valence-corrected chi connectivity index (χ0v) is 12.8. The molecule has 0 aliphatic rings. The standard InChI is InChI=1S/C15H20FNO5/c1-10-4-5-11(16)12(6-10)22-8-13(18)17-15(2,9-21-3)7-14(19)20/h4-6H,7-9H2,1-3H3,(H,17,18)(H,19,20). The summed E-state index contributed by atoms with van der Waals surface area (Å²) in [7, 11) is 1.41. The Hall–Kier alpha value is -2.15. The molecule has 122 valence electrons. The third kappa shape index (κ3) is 5.69. The molecule has 0 saturated heterocycles. The van der Waals surface area contributed by atoms with E-state index < -0.39 is 29.8 Å². The van der Waals surface area contributed by atoms with Crippen LogP contribution in [-0.4, -0.2) is 42.8 Å². The lowest BCUT2D eigenvalue weighted by molar-refractivity contribution is -0.139. The molecule has 7 heteroatoms. The molecule has 0 aliphatic heterocycles. The van der Waals surface area contributed by atoms with Crippen molar-refractivity contribution in [3.8, 4) is 5.75 Å². The van der Waals surface area contributed by atoms with E-state index in [0.717, 1.165) is 5.56 Å². The van der Waals surface area contributed by atoms with Crippen LogP contribution in [0, 0.1) is 12.7 Å². The second-order valence-corrected chi connectivity index (χ2v) is 5.33. The first-order chi connectivity index (χ1) is 10.3. The highest BCUT2D eigenvalue weighted by molar-refractivity contribution is 5.79. The summed E-state index contributed by atoms with van der Waals surface area (Å²) in [6.07, 6.45) is -0.300. The van der Waals surface area contributed by atoms with Crippen molar-refractivity contribution < 1.29 is 28.6 Å². The predicted octanol–water partition coefficient (Wildman–Crippen LogP) is 1.51. The van der Waals surface area contributed by atoms with E-state index in [9.17, 15) is 14.0 Å². The molecule has 0 heterocycles. The highest BCUT2D eigenvalue weighted by Gasteiger charge is 2.29. The van der Waals surface area contributed by atoms with Crippen molar-refractivity contribution in [2.45, 2.75) is 25.8 Å². The van der Waals surface area contributed by atoms with Gasteiger partial charge in [-0.2, -0.15) is 0 Å². The SMILES string of the molecule is COCC(C)(CC(=O)O)NC(=O)COc1cc(C)ccc1F.